The van der Waals surface area contributed by atoms with Crippen molar-refractivity contribution in [1.82, 2.24) is 5.32 Å². The quantitative estimate of drug-likeness (QED) is 0.831. The molecule has 138 valence electrons. The average molecular weight is 357 g/mol. The summed E-state index contributed by atoms with van der Waals surface area (Å²) in [5, 5.41) is 2.89. The van der Waals surface area contributed by atoms with Crippen LogP contribution in [0.3, 0.4) is 0 Å². The van der Waals surface area contributed by atoms with Crippen LogP contribution < -0.4 is 5.32 Å². The van der Waals surface area contributed by atoms with Crippen LogP contribution in [-0.4, -0.2) is 24.0 Å². The van der Waals surface area contributed by atoms with Gasteiger partial charge in [-0.3, -0.25) is 4.79 Å². The first-order chi connectivity index (χ1) is 11.7. The number of ether oxygens (including phenoxy) is 1. The highest BCUT2D eigenvalue weighted by Gasteiger charge is 2.31. The molecule has 7 heteroatoms. The molecule has 3 atom stereocenters. The summed E-state index contributed by atoms with van der Waals surface area (Å²) in [6.45, 7) is 3.52. The van der Waals surface area contributed by atoms with Crippen molar-refractivity contribution in [3.8, 4) is 0 Å². The third-order valence-electron chi connectivity index (χ3n) is 4.54. The van der Waals surface area contributed by atoms with Crippen molar-refractivity contribution in [2.45, 2.75) is 57.9 Å². The number of esters is 1. The molecule has 0 heterocycles. The summed E-state index contributed by atoms with van der Waals surface area (Å²) in [4.78, 5) is 24.2. The van der Waals surface area contributed by atoms with Crippen LogP contribution in [0.25, 0.3) is 0 Å². The molecule has 1 aliphatic carbocycles. The van der Waals surface area contributed by atoms with Crippen molar-refractivity contribution in [3.05, 3.63) is 35.4 Å². The fourth-order valence-corrected chi connectivity index (χ4v) is 2.91. The first kappa shape index (κ1) is 19.3. The van der Waals surface area contributed by atoms with Crippen LogP contribution in [0.2, 0.25) is 0 Å². The predicted molar refractivity (Wildman–Crippen MR) is 85.9 cm³/mol. The molecule has 0 saturated heterocycles. The van der Waals surface area contributed by atoms with E-state index in [1.807, 2.05) is 0 Å². The maximum atomic E-state index is 12.5. The second kappa shape index (κ2) is 7.89. The predicted octanol–water partition coefficient (Wildman–Crippen LogP) is 3.95. The lowest BCUT2D eigenvalue weighted by atomic mass is 9.86. The van der Waals surface area contributed by atoms with Crippen molar-refractivity contribution in [3.63, 3.8) is 0 Å². The molecule has 1 aromatic carbocycles. The van der Waals surface area contributed by atoms with Crippen molar-refractivity contribution in [1.29, 1.82) is 0 Å². The van der Waals surface area contributed by atoms with Crippen molar-refractivity contribution < 1.29 is 27.5 Å². The van der Waals surface area contributed by atoms with E-state index < -0.39 is 23.8 Å². The molecule has 1 fully saturated rings. The van der Waals surface area contributed by atoms with E-state index in [4.69, 9.17) is 4.74 Å². The molecule has 0 spiro atoms. The first-order valence-corrected chi connectivity index (χ1v) is 8.37. The molecule has 2 rings (SSSR count). The van der Waals surface area contributed by atoms with Crippen molar-refractivity contribution >= 4 is 11.9 Å². The number of amides is 1. The van der Waals surface area contributed by atoms with E-state index in [1.54, 1.807) is 0 Å². The third kappa shape index (κ3) is 5.21. The van der Waals surface area contributed by atoms with Crippen LogP contribution >= 0.6 is 0 Å². The number of carbonyl (C=O) groups excluding carboxylic acids is 2. The Labute approximate surface area is 144 Å². The van der Waals surface area contributed by atoms with Gasteiger partial charge in [-0.1, -0.05) is 19.8 Å². The Bertz CT molecular complexity index is 613. The Morgan fingerprint density at radius 2 is 1.76 bits per heavy atom. The zero-order valence-electron chi connectivity index (χ0n) is 14.2. The molecule has 0 radical (unpaired) electrons. The summed E-state index contributed by atoms with van der Waals surface area (Å²) in [6, 6.07) is 3.77. The standard InChI is InChI=1S/C18H22F3NO3/c1-11-5-3-4-6-15(11)22-16(23)12(2)25-17(24)13-7-9-14(10-8-13)18(19,20)21/h7-12,15H,3-6H2,1-2H3,(H,22,23)/t11-,12+,15+/m0/s1. The Morgan fingerprint density at radius 1 is 1.16 bits per heavy atom. The molecule has 1 aliphatic rings. The highest BCUT2D eigenvalue weighted by Crippen LogP contribution is 2.29. The Kier molecular flexibility index (Phi) is 6.08. The minimum atomic E-state index is -4.47. The fraction of sp³-hybridized carbons (Fsp3) is 0.556. The molecule has 0 unspecified atom stereocenters. The van der Waals surface area contributed by atoms with Gasteiger partial charge in [0.2, 0.25) is 0 Å². The molecular formula is C18H22F3NO3. The van der Waals surface area contributed by atoms with Crippen LogP contribution in [0.4, 0.5) is 13.2 Å². The topological polar surface area (TPSA) is 55.4 Å². The second-order valence-electron chi connectivity index (χ2n) is 6.50. The van der Waals surface area contributed by atoms with E-state index in [9.17, 15) is 22.8 Å². The van der Waals surface area contributed by atoms with Crippen LogP contribution in [-0.2, 0) is 15.7 Å². The minimum Gasteiger partial charge on any atom is -0.449 e. The summed E-state index contributed by atoms with van der Waals surface area (Å²) in [6.07, 6.45) is -1.34. The van der Waals surface area contributed by atoms with Gasteiger partial charge in [0, 0.05) is 6.04 Å². The maximum Gasteiger partial charge on any atom is 0.416 e. The normalized spacial score (nSPS) is 22.1. The molecule has 1 amide bonds. The fourth-order valence-electron chi connectivity index (χ4n) is 2.91. The minimum absolute atomic E-state index is 0.0290. The Balaban J connectivity index is 1.91. The summed E-state index contributed by atoms with van der Waals surface area (Å²) < 4.78 is 42.6. The van der Waals surface area contributed by atoms with E-state index in [1.165, 1.54) is 6.92 Å². The summed E-state index contributed by atoms with van der Waals surface area (Å²) in [5.41, 5.74) is -0.875. The highest BCUT2D eigenvalue weighted by atomic mass is 19.4. The molecule has 0 aromatic heterocycles. The Hall–Kier alpha value is -2.05. The lowest BCUT2D eigenvalue weighted by molar-refractivity contribution is -0.137. The molecule has 1 aromatic rings. The number of benzene rings is 1. The molecule has 25 heavy (non-hydrogen) atoms. The van der Waals surface area contributed by atoms with Gasteiger partial charge < -0.3 is 10.1 Å². The number of rotatable bonds is 4. The average Bonchev–Trinajstić information content (AvgIpc) is 2.56. The van der Waals surface area contributed by atoms with Gasteiger partial charge in [0.15, 0.2) is 6.10 Å². The van der Waals surface area contributed by atoms with Crippen LogP contribution in [0.1, 0.15) is 55.5 Å². The van der Waals surface area contributed by atoms with Gasteiger partial charge in [-0.2, -0.15) is 13.2 Å². The number of hydrogen-bond acceptors (Lipinski definition) is 3. The van der Waals surface area contributed by atoms with E-state index in [-0.39, 0.29) is 17.5 Å². The first-order valence-electron chi connectivity index (χ1n) is 8.37. The molecule has 0 bridgehead atoms. The van der Waals surface area contributed by atoms with E-state index in [0.29, 0.717) is 5.92 Å². The zero-order chi connectivity index (χ0) is 18.6. The van der Waals surface area contributed by atoms with Gasteiger partial charge in [0.1, 0.15) is 0 Å². The largest absolute Gasteiger partial charge is 0.449 e. The number of hydrogen-bond donors (Lipinski definition) is 1. The summed E-state index contributed by atoms with van der Waals surface area (Å²) in [7, 11) is 0. The van der Waals surface area contributed by atoms with Gasteiger partial charge in [-0.25, -0.2) is 4.79 Å². The lowest BCUT2D eigenvalue weighted by Crippen LogP contribution is -2.45. The monoisotopic (exact) mass is 357 g/mol. The van der Waals surface area contributed by atoms with Gasteiger partial charge >= 0.3 is 12.1 Å². The van der Waals surface area contributed by atoms with Crippen LogP contribution in [0.5, 0.6) is 0 Å². The highest BCUT2D eigenvalue weighted by molar-refractivity contribution is 5.92. The molecule has 4 nitrogen and oxygen atoms in total. The number of carbonyl (C=O) groups is 2. The second-order valence-corrected chi connectivity index (χ2v) is 6.50. The third-order valence-corrected chi connectivity index (χ3v) is 4.54. The number of alkyl halides is 3. The van der Waals surface area contributed by atoms with Gasteiger partial charge in [-0.05, 0) is 49.9 Å². The summed E-state index contributed by atoms with van der Waals surface area (Å²) >= 11 is 0. The molecule has 1 saturated carbocycles. The molecule has 0 aliphatic heterocycles. The molecule has 1 N–H and O–H groups in total. The van der Waals surface area contributed by atoms with Gasteiger partial charge in [-0.15, -0.1) is 0 Å². The number of nitrogens with one attached hydrogen (secondary N) is 1. The van der Waals surface area contributed by atoms with Crippen LogP contribution in [0, 0.1) is 5.92 Å². The Morgan fingerprint density at radius 3 is 2.32 bits per heavy atom. The van der Waals surface area contributed by atoms with Crippen LogP contribution in [0.15, 0.2) is 24.3 Å². The maximum absolute atomic E-state index is 12.5. The van der Waals surface area contributed by atoms with Gasteiger partial charge in [0.25, 0.3) is 5.91 Å². The smallest absolute Gasteiger partial charge is 0.416 e. The zero-order valence-corrected chi connectivity index (χ0v) is 14.2. The summed E-state index contributed by atoms with van der Waals surface area (Å²) in [5.74, 6) is -0.845. The van der Waals surface area contributed by atoms with E-state index in [2.05, 4.69) is 12.2 Å². The molecular weight excluding hydrogens is 335 g/mol. The van der Waals surface area contributed by atoms with E-state index >= 15 is 0 Å². The van der Waals surface area contributed by atoms with E-state index in [0.717, 1.165) is 49.9 Å². The van der Waals surface area contributed by atoms with Gasteiger partial charge in [0.05, 0.1) is 11.1 Å². The van der Waals surface area contributed by atoms with Crippen molar-refractivity contribution in [2.24, 2.45) is 5.92 Å². The van der Waals surface area contributed by atoms with Crippen molar-refractivity contribution in [2.75, 3.05) is 0 Å². The SMILES string of the molecule is C[C@@H](OC(=O)c1ccc(C(F)(F)F)cc1)C(=O)N[C@@H]1CCCC[C@@H]1C. The number of halogens is 3. The lowest BCUT2D eigenvalue weighted by Gasteiger charge is -2.30.